The maximum atomic E-state index is 11.9. The van der Waals surface area contributed by atoms with Crippen LogP contribution in [0.5, 0.6) is 0 Å². The molecule has 102 valence electrons. The van der Waals surface area contributed by atoms with Crippen LogP contribution in [0.4, 0.5) is 0 Å². The van der Waals surface area contributed by atoms with E-state index in [2.05, 4.69) is 5.32 Å². The highest BCUT2D eigenvalue weighted by atomic mass is 16.4. The number of amides is 1. The first-order valence-corrected chi connectivity index (χ1v) is 6.45. The Labute approximate surface area is 118 Å². The van der Waals surface area contributed by atoms with E-state index in [0.717, 1.165) is 6.42 Å². The fraction of sp³-hybridized carbons (Fsp3) is 0.133. The van der Waals surface area contributed by atoms with Crippen molar-refractivity contribution in [2.75, 3.05) is 6.54 Å². The predicted octanol–water partition coefficient (Wildman–Crippen LogP) is 0.339. The first-order valence-electron chi connectivity index (χ1n) is 6.45. The van der Waals surface area contributed by atoms with E-state index in [0.29, 0.717) is 17.6 Å². The van der Waals surface area contributed by atoms with Gasteiger partial charge < -0.3 is 15.4 Å². The van der Waals surface area contributed by atoms with E-state index in [1.54, 1.807) is 12.1 Å². The number of benzene rings is 2. The fourth-order valence-corrected chi connectivity index (χ4v) is 1.87. The fourth-order valence-electron chi connectivity index (χ4n) is 1.87. The number of carbonyl (C=O) groups is 1. The third-order valence-corrected chi connectivity index (χ3v) is 3.01. The van der Waals surface area contributed by atoms with Crippen molar-refractivity contribution < 1.29 is 14.8 Å². The summed E-state index contributed by atoms with van der Waals surface area (Å²) in [6.07, 6.45) is 0.778. The van der Waals surface area contributed by atoms with Crippen LogP contribution in [0.3, 0.4) is 0 Å². The van der Waals surface area contributed by atoms with Gasteiger partial charge in [-0.2, -0.15) is 0 Å². The van der Waals surface area contributed by atoms with E-state index in [-0.39, 0.29) is 5.91 Å². The van der Waals surface area contributed by atoms with Gasteiger partial charge in [0.15, 0.2) is 0 Å². The zero-order valence-electron chi connectivity index (χ0n) is 11.0. The molecule has 3 N–H and O–H groups in total. The average molecular weight is 269 g/mol. The predicted molar refractivity (Wildman–Crippen MR) is 78.7 cm³/mol. The molecular formula is C15H16BNO3. The minimum atomic E-state index is -1.51. The Hall–Kier alpha value is -2.11. The van der Waals surface area contributed by atoms with Crippen LogP contribution in [0.1, 0.15) is 15.9 Å². The van der Waals surface area contributed by atoms with E-state index in [1.165, 1.54) is 17.7 Å². The number of rotatable bonds is 5. The van der Waals surface area contributed by atoms with Crippen LogP contribution in [0.25, 0.3) is 0 Å². The van der Waals surface area contributed by atoms with Crippen molar-refractivity contribution in [2.24, 2.45) is 0 Å². The van der Waals surface area contributed by atoms with Gasteiger partial charge >= 0.3 is 7.12 Å². The van der Waals surface area contributed by atoms with Gasteiger partial charge in [0.1, 0.15) is 0 Å². The van der Waals surface area contributed by atoms with Crippen LogP contribution in [0.15, 0.2) is 54.6 Å². The summed E-state index contributed by atoms with van der Waals surface area (Å²) in [4.78, 5) is 11.9. The van der Waals surface area contributed by atoms with Crippen LogP contribution in [0, 0.1) is 0 Å². The summed E-state index contributed by atoms with van der Waals surface area (Å²) in [6.45, 7) is 0.563. The van der Waals surface area contributed by atoms with Crippen LogP contribution in [0.2, 0.25) is 0 Å². The average Bonchev–Trinajstić information content (AvgIpc) is 2.48. The second-order valence-electron chi connectivity index (χ2n) is 4.49. The first kappa shape index (κ1) is 14.3. The molecule has 2 rings (SSSR count). The molecule has 0 aromatic heterocycles. The monoisotopic (exact) mass is 269 g/mol. The van der Waals surface area contributed by atoms with Gasteiger partial charge in [-0.15, -0.1) is 0 Å². The highest BCUT2D eigenvalue weighted by molar-refractivity contribution is 6.58. The van der Waals surface area contributed by atoms with Crippen molar-refractivity contribution in [1.82, 2.24) is 5.32 Å². The number of hydrogen-bond donors (Lipinski definition) is 3. The Morgan fingerprint density at radius 2 is 1.65 bits per heavy atom. The Kier molecular flexibility index (Phi) is 4.93. The molecule has 1 amide bonds. The molecule has 0 aliphatic rings. The molecule has 0 unspecified atom stereocenters. The molecule has 0 bridgehead atoms. The molecule has 4 nitrogen and oxygen atoms in total. The van der Waals surface area contributed by atoms with Crippen molar-refractivity contribution in [2.45, 2.75) is 6.42 Å². The molecule has 20 heavy (non-hydrogen) atoms. The Balaban J connectivity index is 1.85. The lowest BCUT2D eigenvalue weighted by Crippen LogP contribution is -2.30. The van der Waals surface area contributed by atoms with Crippen LogP contribution < -0.4 is 10.8 Å². The second kappa shape index (κ2) is 6.89. The summed E-state index contributed by atoms with van der Waals surface area (Å²) in [5.74, 6) is -0.167. The van der Waals surface area contributed by atoms with Crippen molar-refractivity contribution in [3.05, 3.63) is 65.7 Å². The minimum Gasteiger partial charge on any atom is -0.423 e. The summed E-state index contributed by atoms with van der Waals surface area (Å²) in [7, 11) is -1.51. The highest BCUT2D eigenvalue weighted by Gasteiger charge is 2.11. The van der Waals surface area contributed by atoms with Gasteiger partial charge in [0.2, 0.25) is 0 Å². The van der Waals surface area contributed by atoms with Crippen molar-refractivity contribution >= 4 is 18.5 Å². The van der Waals surface area contributed by atoms with Gasteiger partial charge in [0.05, 0.1) is 0 Å². The second-order valence-corrected chi connectivity index (χ2v) is 4.49. The van der Waals surface area contributed by atoms with Gasteiger partial charge in [0.25, 0.3) is 5.91 Å². The minimum absolute atomic E-state index is 0.167. The van der Waals surface area contributed by atoms with Crippen LogP contribution in [-0.4, -0.2) is 29.6 Å². The molecule has 2 aromatic carbocycles. The summed E-state index contributed by atoms with van der Waals surface area (Å²) in [6, 6.07) is 16.1. The SMILES string of the molecule is O=C(NCCc1ccccc1)c1ccc(B(O)O)cc1. The normalized spacial score (nSPS) is 10.1. The summed E-state index contributed by atoms with van der Waals surface area (Å²) < 4.78 is 0. The Morgan fingerprint density at radius 3 is 2.25 bits per heavy atom. The quantitative estimate of drug-likeness (QED) is 0.685. The van der Waals surface area contributed by atoms with E-state index in [1.807, 2.05) is 30.3 Å². The molecule has 0 radical (unpaired) electrons. The van der Waals surface area contributed by atoms with Gasteiger partial charge in [-0.25, -0.2) is 0 Å². The molecule has 0 atom stereocenters. The molecule has 0 aliphatic carbocycles. The molecule has 0 aliphatic heterocycles. The lowest BCUT2D eigenvalue weighted by atomic mass is 9.80. The number of hydrogen-bond acceptors (Lipinski definition) is 3. The standard InChI is InChI=1S/C15H16BNO3/c18-15(13-6-8-14(9-7-13)16(19)20)17-11-10-12-4-2-1-3-5-12/h1-9,19-20H,10-11H2,(H,17,18). The number of carbonyl (C=O) groups excluding carboxylic acids is 1. The van der Waals surface area contributed by atoms with E-state index in [9.17, 15) is 4.79 Å². The topological polar surface area (TPSA) is 69.6 Å². The molecule has 0 saturated heterocycles. The summed E-state index contributed by atoms with van der Waals surface area (Å²) >= 11 is 0. The van der Waals surface area contributed by atoms with Gasteiger partial charge in [-0.05, 0) is 29.6 Å². The largest absolute Gasteiger partial charge is 0.488 e. The van der Waals surface area contributed by atoms with Gasteiger partial charge in [-0.3, -0.25) is 4.79 Å². The van der Waals surface area contributed by atoms with Crippen molar-refractivity contribution in [1.29, 1.82) is 0 Å². The molecule has 5 heteroatoms. The zero-order chi connectivity index (χ0) is 14.4. The lowest BCUT2D eigenvalue weighted by molar-refractivity contribution is 0.0954. The first-order chi connectivity index (χ1) is 9.66. The van der Waals surface area contributed by atoms with Crippen molar-refractivity contribution in [3.8, 4) is 0 Å². The highest BCUT2D eigenvalue weighted by Crippen LogP contribution is 2.00. The molecule has 0 spiro atoms. The molecular weight excluding hydrogens is 253 g/mol. The molecule has 0 heterocycles. The van der Waals surface area contributed by atoms with Crippen molar-refractivity contribution in [3.63, 3.8) is 0 Å². The molecule has 0 saturated carbocycles. The van der Waals surface area contributed by atoms with E-state index >= 15 is 0 Å². The van der Waals surface area contributed by atoms with Crippen LogP contribution >= 0.6 is 0 Å². The van der Waals surface area contributed by atoms with E-state index in [4.69, 9.17) is 10.0 Å². The maximum Gasteiger partial charge on any atom is 0.488 e. The molecule has 0 fully saturated rings. The molecule has 2 aromatic rings. The zero-order valence-corrected chi connectivity index (χ0v) is 11.0. The third-order valence-electron chi connectivity index (χ3n) is 3.01. The Bertz CT molecular complexity index is 555. The van der Waals surface area contributed by atoms with Gasteiger partial charge in [0, 0.05) is 12.1 Å². The lowest BCUT2D eigenvalue weighted by Gasteiger charge is -2.06. The van der Waals surface area contributed by atoms with E-state index < -0.39 is 7.12 Å². The Morgan fingerprint density at radius 1 is 1.00 bits per heavy atom. The summed E-state index contributed by atoms with van der Waals surface area (Å²) in [5, 5.41) is 20.8. The third kappa shape index (κ3) is 3.95. The number of nitrogens with one attached hydrogen (secondary N) is 1. The maximum absolute atomic E-state index is 11.9. The smallest absolute Gasteiger partial charge is 0.423 e. The summed E-state index contributed by atoms with van der Waals surface area (Å²) in [5.41, 5.74) is 2.04. The van der Waals surface area contributed by atoms with Gasteiger partial charge in [-0.1, -0.05) is 42.5 Å². The van der Waals surface area contributed by atoms with Crippen LogP contribution in [-0.2, 0) is 6.42 Å².